The third kappa shape index (κ3) is 8.00. The average molecular weight is 321 g/mol. The summed E-state index contributed by atoms with van der Waals surface area (Å²) in [6, 6.07) is 0. The molecule has 0 aliphatic carbocycles. The summed E-state index contributed by atoms with van der Waals surface area (Å²) in [6.07, 6.45) is 6.28. The maximum Gasteiger partial charge on any atom is 0.220 e. The van der Waals surface area contributed by atoms with Crippen LogP contribution in [0.25, 0.3) is 0 Å². The number of rotatable bonds is 8. The molecule has 0 aromatic rings. The van der Waals surface area contributed by atoms with Crippen LogP contribution in [0.4, 0.5) is 0 Å². The monoisotopic (exact) mass is 320 g/mol. The molecule has 0 aromatic heterocycles. The average Bonchev–Trinajstić information content (AvgIpc) is 2.99. The number of carbonyl (C=O) groups excluding carboxylic acids is 1. The van der Waals surface area contributed by atoms with Gasteiger partial charge in [-0.05, 0) is 51.1 Å². The van der Waals surface area contributed by atoms with Crippen molar-refractivity contribution in [1.29, 1.82) is 0 Å². The second kappa shape index (κ2) is 11.2. The van der Waals surface area contributed by atoms with Crippen molar-refractivity contribution in [3.8, 4) is 0 Å². The molecule has 6 heteroatoms. The lowest BCUT2D eigenvalue weighted by Crippen LogP contribution is -2.30. The van der Waals surface area contributed by atoms with E-state index in [1.165, 1.54) is 12.8 Å². The lowest BCUT2D eigenvalue weighted by Gasteiger charge is -2.22. The Morgan fingerprint density at radius 1 is 1.29 bits per heavy atom. The molecule has 0 saturated carbocycles. The van der Waals surface area contributed by atoms with Crippen LogP contribution in [0.3, 0.4) is 0 Å². The number of hydrogen-bond donors (Lipinski definition) is 2. The van der Waals surface area contributed by atoms with E-state index in [4.69, 9.17) is 9.47 Å². The minimum Gasteiger partial charge on any atom is -0.379 e. The fourth-order valence-corrected chi connectivity index (χ4v) is 2.79. The standard InChI is InChI=1S/C15H28N2O3.ClH/c18-15(3-2-13-4-8-16-9-5-13)17-7-1-10-20-14-6-11-19-12-14;/h13-14,16H,1-12H2,(H,17,18);1H. The van der Waals surface area contributed by atoms with Gasteiger partial charge in [-0.1, -0.05) is 0 Å². The third-order valence-electron chi connectivity index (χ3n) is 4.12. The summed E-state index contributed by atoms with van der Waals surface area (Å²) in [5, 5.41) is 6.33. The summed E-state index contributed by atoms with van der Waals surface area (Å²) in [7, 11) is 0. The number of halogens is 1. The van der Waals surface area contributed by atoms with Crippen molar-refractivity contribution < 1.29 is 14.3 Å². The van der Waals surface area contributed by atoms with Gasteiger partial charge in [-0.3, -0.25) is 4.79 Å². The van der Waals surface area contributed by atoms with Crippen molar-refractivity contribution in [3.63, 3.8) is 0 Å². The molecule has 0 bridgehead atoms. The van der Waals surface area contributed by atoms with Crippen LogP contribution in [0, 0.1) is 5.92 Å². The number of amides is 1. The topological polar surface area (TPSA) is 59.6 Å². The first-order chi connectivity index (χ1) is 9.84. The summed E-state index contributed by atoms with van der Waals surface area (Å²) in [5.41, 5.74) is 0. The van der Waals surface area contributed by atoms with Gasteiger partial charge in [0.15, 0.2) is 0 Å². The van der Waals surface area contributed by atoms with E-state index in [9.17, 15) is 4.79 Å². The van der Waals surface area contributed by atoms with Crippen LogP contribution in [0.5, 0.6) is 0 Å². The van der Waals surface area contributed by atoms with Crippen molar-refractivity contribution in [2.75, 3.05) is 39.5 Å². The van der Waals surface area contributed by atoms with E-state index in [0.717, 1.165) is 58.0 Å². The zero-order valence-electron chi connectivity index (χ0n) is 12.8. The van der Waals surface area contributed by atoms with Gasteiger partial charge in [-0.2, -0.15) is 0 Å². The number of ether oxygens (including phenoxy) is 2. The van der Waals surface area contributed by atoms with Crippen LogP contribution >= 0.6 is 12.4 Å². The highest BCUT2D eigenvalue weighted by atomic mass is 35.5. The molecule has 124 valence electrons. The number of nitrogens with one attached hydrogen (secondary N) is 2. The fourth-order valence-electron chi connectivity index (χ4n) is 2.79. The van der Waals surface area contributed by atoms with E-state index in [2.05, 4.69) is 10.6 Å². The Morgan fingerprint density at radius 2 is 2.10 bits per heavy atom. The second-order valence-electron chi connectivity index (χ2n) is 5.79. The maximum atomic E-state index is 11.7. The number of piperidine rings is 1. The molecule has 2 saturated heterocycles. The van der Waals surface area contributed by atoms with Crippen LogP contribution in [0.1, 0.15) is 38.5 Å². The molecule has 0 spiro atoms. The van der Waals surface area contributed by atoms with Crippen molar-refractivity contribution in [2.45, 2.75) is 44.6 Å². The van der Waals surface area contributed by atoms with Gasteiger partial charge in [0.25, 0.3) is 0 Å². The second-order valence-corrected chi connectivity index (χ2v) is 5.79. The Labute approximate surface area is 133 Å². The predicted molar refractivity (Wildman–Crippen MR) is 84.9 cm³/mol. The van der Waals surface area contributed by atoms with E-state index >= 15 is 0 Å². The van der Waals surface area contributed by atoms with E-state index in [1.54, 1.807) is 0 Å². The van der Waals surface area contributed by atoms with Gasteiger partial charge < -0.3 is 20.1 Å². The minimum atomic E-state index is 0. The highest BCUT2D eigenvalue weighted by molar-refractivity contribution is 5.85. The SMILES string of the molecule is Cl.O=C(CCC1CCNCC1)NCCCOC1CCOC1. The van der Waals surface area contributed by atoms with E-state index in [-0.39, 0.29) is 24.4 Å². The molecule has 2 fully saturated rings. The van der Waals surface area contributed by atoms with Crippen LogP contribution in [-0.4, -0.2) is 51.5 Å². The molecule has 21 heavy (non-hydrogen) atoms. The predicted octanol–water partition coefficient (Wildman–Crippen LogP) is 1.50. The van der Waals surface area contributed by atoms with Crippen LogP contribution < -0.4 is 10.6 Å². The molecule has 1 atom stereocenters. The molecule has 1 amide bonds. The van der Waals surface area contributed by atoms with Crippen molar-refractivity contribution >= 4 is 18.3 Å². The van der Waals surface area contributed by atoms with Gasteiger partial charge in [0, 0.05) is 26.2 Å². The molecule has 1 unspecified atom stereocenters. The molecule has 5 nitrogen and oxygen atoms in total. The Bertz CT molecular complexity index is 280. The quantitative estimate of drug-likeness (QED) is 0.665. The summed E-state index contributed by atoms with van der Waals surface area (Å²) in [6.45, 7) is 5.19. The molecule has 0 radical (unpaired) electrons. The van der Waals surface area contributed by atoms with Gasteiger partial charge in [-0.15, -0.1) is 12.4 Å². The number of hydrogen-bond acceptors (Lipinski definition) is 4. The molecule has 2 aliphatic rings. The van der Waals surface area contributed by atoms with Gasteiger partial charge in [0.2, 0.25) is 5.91 Å². The van der Waals surface area contributed by atoms with Crippen LogP contribution in [0.2, 0.25) is 0 Å². The van der Waals surface area contributed by atoms with Crippen LogP contribution in [0.15, 0.2) is 0 Å². The van der Waals surface area contributed by atoms with E-state index < -0.39 is 0 Å². The lowest BCUT2D eigenvalue weighted by molar-refractivity contribution is -0.121. The van der Waals surface area contributed by atoms with Crippen molar-refractivity contribution in [2.24, 2.45) is 5.92 Å². The van der Waals surface area contributed by atoms with Crippen LogP contribution in [-0.2, 0) is 14.3 Å². The molecular formula is C15H29ClN2O3. The summed E-state index contributed by atoms with van der Waals surface area (Å²) < 4.78 is 10.9. The Morgan fingerprint density at radius 3 is 2.81 bits per heavy atom. The first kappa shape index (κ1) is 18.7. The normalized spacial score (nSPS) is 22.8. The Kier molecular flexibility index (Phi) is 10.0. The molecule has 0 aromatic carbocycles. The van der Waals surface area contributed by atoms with Gasteiger partial charge in [-0.25, -0.2) is 0 Å². The largest absolute Gasteiger partial charge is 0.379 e. The summed E-state index contributed by atoms with van der Waals surface area (Å²) in [5.74, 6) is 0.917. The Balaban J connectivity index is 0.00000220. The van der Waals surface area contributed by atoms with Gasteiger partial charge in [0.1, 0.15) is 0 Å². The van der Waals surface area contributed by atoms with Gasteiger partial charge in [0.05, 0.1) is 12.7 Å². The highest BCUT2D eigenvalue weighted by Crippen LogP contribution is 2.17. The minimum absolute atomic E-state index is 0. The van der Waals surface area contributed by atoms with Crippen molar-refractivity contribution in [1.82, 2.24) is 10.6 Å². The van der Waals surface area contributed by atoms with Gasteiger partial charge >= 0.3 is 0 Å². The molecule has 2 rings (SSSR count). The Hall–Kier alpha value is -0.360. The lowest BCUT2D eigenvalue weighted by atomic mass is 9.93. The molecular weight excluding hydrogens is 292 g/mol. The summed E-state index contributed by atoms with van der Waals surface area (Å²) in [4.78, 5) is 11.7. The molecule has 2 heterocycles. The zero-order chi connectivity index (χ0) is 14.0. The third-order valence-corrected chi connectivity index (χ3v) is 4.12. The first-order valence-corrected chi connectivity index (χ1v) is 8.01. The first-order valence-electron chi connectivity index (χ1n) is 8.01. The smallest absolute Gasteiger partial charge is 0.220 e. The summed E-state index contributed by atoms with van der Waals surface area (Å²) >= 11 is 0. The van der Waals surface area contributed by atoms with E-state index in [0.29, 0.717) is 13.0 Å². The molecule has 2 aliphatic heterocycles. The maximum absolute atomic E-state index is 11.7. The fraction of sp³-hybridized carbons (Fsp3) is 0.933. The van der Waals surface area contributed by atoms with Crippen molar-refractivity contribution in [3.05, 3.63) is 0 Å². The number of carbonyl (C=O) groups is 1. The zero-order valence-corrected chi connectivity index (χ0v) is 13.6. The molecule has 2 N–H and O–H groups in total. The highest BCUT2D eigenvalue weighted by Gasteiger charge is 2.16. The van der Waals surface area contributed by atoms with E-state index in [1.807, 2.05) is 0 Å².